The molecular formula is C19H20FNO4. The van der Waals surface area contributed by atoms with Crippen molar-refractivity contribution in [3.05, 3.63) is 65.5 Å². The maximum absolute atomic E-state index is 13.0. The van der Waals surface area contributed by atoms with Gasteiger partial charge in [-0.15, -0.1) is 0 Å². The third kappa shape index (κ3) is 5.31. The molecule has 0 aromatic heterocycles. The van der Waals surface area contributed by atoms with Gasteiger partial charge in [-0.05, 0) is 42.3 Å². The van der Waals surface area contributed by atoms with E-state index in [0.717, 1.165) is 5.56 Å². The highest BCUT2D eigenvalue weighted by Crippen LogP contribution is 2.19. The van der Waals surface area contributed by atoms with E-state index in [1.165, 1.54) is 17.0 Å². The van der Waals surface area contributed by atoms with Gasteiger partial charge in [0.1, 0.15) is 11.6 Å². The van der Waals surface area contributed by atoms with Gasteiger partial charge in [0.05, 0.1) is 12.5 Å². The van der Waals surface area contributed by atoms with Gasteiger partial charge in [0.25, 0.3) is 5.91 Å². The van der Waals surface area contributed by atoms with Gasteiger partial charge < -0.3 is 14.7 Å². The lowest BCUT2D eigenvalue weighted by molar-refractivity contribution is -0.136. The first-order chi connectivity index (χ1) is 11.9. The van der Waals surface area contributed by atoms with Crippen LogP contribution in [-0.2, 0) is 16.0 Å². The lowest BCUT2D eigenvalue weighted by atomic mass is 10.1. The molecule has 1 atom stereocenters. The fourth-order valence-electron chi connectivity index (χ4n) is 2.31. The number of nitrogens with zero attached hydrogens (tertiary/aromatic N) is 1. The lowest BCUT2D eigenvalue weighted by Gasteiger charge is -2.25. The molecule has 25 heavy (non-hydrogen) atoms. The van der Waals surface area contributed by atoms with Crippen LogP contribution in [0.4, 0.5) is 4.39 Å². The monoisotopic (exact) mass is 345 g/mol. The molecule has 6 heteroatoms. The van der Waals surface area contributed by atoms with Gasteiger partial charge in [-0.2, -0.15) is 0 Å². The molecule has 0 fully saturated rings. The topological polar surface area (TPSA) is 66.8 Å². The number of rotatable bonds is 7. The van der Waals surface area contributed by atoms with Gasteiger partial charge in [0.2, 0.25) is 0 Å². The number of hydrogen-bond donors (Lipinski definition) is 1. The second-order valence-corrected chi connectivity index (χ2v) is 5.74. The number of amides is 1. The average molecular weight is 345 g/mol. The van der Waals surface area contributed by atoms with Gasteiger partial charge in [-0.1, -0.05) is 24.3 Å². The van der Waals surface area contributed by atoms with Gasteiger partial charge in [0, 0.05) is 7.05 Å². The Morgan fingerprint density at radius 2 is 1.72 bits per heavy atom. The van der Waals surface area contributed by atoms with E-state index in [0.29, 0.717) is 11.3 Å². The Bertz CT molecular complexity index is 728. The lowest BCUT2D eigenvalue weighted by Crippen LogP contribution is -2.33. The standard InChI is InChI=1S/C19H20FNO4/c1-13(15-5-7-16(20)8-6-15)21(2)18(22)12-25-17-9-3-14(4-10-17)11-19(23)24/h3-10,13H,11-12H2,1-2H3,(H,23,24)/t13-/m0/s1. The number of hydrogen-bond acceptors (Lipinski definition) is 3. The van der Waals surface area contributed by atoms with Crippen LogP contribution in [-0.4, -0.2) is 35.5 Å². The second kappa shape index (κ2) is 8.28. The summed E-state index contributed by atoms with van der Waals surface area (Å²) in [5.74, 6) is -0.948. The third-order valence-electron chi connectivity index (χ3n) is 3.97. The van der Waals surface area contributed by atoms with E-state index in [-0.39, 0.29) is 30.8 Å². The minimum atomic E-state index is -0.903. The van der Waals surface area contributed by atoms with Crippen LogP contribution in [0.1, 0.15) is 24.1 Å². The van der Waals surface area contributed by atoms with E-state index in [1.807, 2.05) is 6.92 Å². The van der Waals surface area contributed by atoms with Crippen molar-refractivity contribution in [2.24, 2.45) is 0 Å². The van der Waals surface area contributed by atoms with Crippen LogP contribution in [0, 0.1) is 5.82 Å². The van der Waals surface area contributed by atoms with Gasteiger partial charge in [0.15, 0.2) is 6.61 Å². The molecule has 5 nitrogen and oxygen atoms in total. The average Bonchev–Trinajstić information content (AvgIpc) is 2.59. The Balaban J connectivity index is 1.90. The molecule has 0 bridgehead atoms. The van der Waals surface area contributed by atoms with Crippen LogP contribution in [0.25, 0.3) is 0 Å². The van der Waals surface area contributed by atoms with Crippen LogP contribution in [0.3, 0.4) is 0 Å². The first-order valence-electron chi connectivity index (χ1n) is 7.81. The molecule has 0 aliphatic rings. The summed E-state index contributed by atoms with van der Waals surface area (Å²) in [4.78, 5) is 24.4. The number of carbonyl (C=O) groups is 2. The summed E-state index contributed by atoms with van der Waals surface area (Å²) in [5.41, 5.74) is 1.49. The van der Waals surface area contributed by atoms with Gasteiger partial charge in [-0.25, -0.2) is 4.39 Å². The highest BCUT2D eigenvalue weighted by Gasteiger charge is 2.18. The number of carboxylic acids is 1. The van der Waals surface area contributed by atoms with E-state index in [2.05, 4.69) is 0 Å². The summed E-state index contributed by atoms with van der Waals surface area (Å²) in [6.45, 7) is 1.71. The molecule has 0 heterocycles. The normalized spacial score (nSPS) is 11.6. The zero-order valence-corrected chi connectivity index (χ0v) is 14.1. The fraction of sp³-hybridized carbons (Fsp3) is 0.263. The number of halogens is 1. The number of likely N-dealkylation sites (N-methyl/N-ethyl adjacent to an activating group) is 1. The first-order valence-corrected chi connectivity index (χ1v) is 7.81. The van der Waals surface area contributed by atoms with E-state index in [9.17, 15) is 14.0 Å². The Kier molecular flexibility index (Phi) is 6.11. The molecular weight excluding hydrogens is 325 g/mol. The molecule has 0 unspecified atom stereocenters. The number of benzene rings is 2. The number of carbonyl (C=O) groups excluding carboxylic acids is 1. The largest absolute Gasteiger partial charge is 0.484 e. The summed E-state index contributed by atoms with van der Waals surface area (Å²) >= 11 is 0. The fourth-order valence-corrected chi connectivity index (χ4v) is 2.31. The predicted molar refractivity (Wildman–Crippen MR) is 90.9 cm³/mol. The maximum atomic E-state index is 13.0. The maximum Gasteiger partial charge on any atom is 0.307 e. The summed E-state index contributed by atoms with van der Waals surface area (Å²) in [5, 5.41) is 8.73. The molecule has 0 aliphatic carbocycles. The number of carboxylic acid groups (broad SMARTS) is 1. The van der Waals surface area contributed by atoms with Crippen molar-refractivity contribution in [3.8, 4) is 5.75 Å². The molecule has 2 aromatic rings. The smallest absolute Gasteiger partial charge is 0.307 e. The van der Waals surface area contributed by atoms with Gasteiger partial charge in [-0.3, -0.25) is 9.59 Å². The van der Waals surface area contributed by atoms with Crippen LogP contribution in [0.15, 0.2) is 48.5 Å². The molecule has 1 amide bonds. The van der Waals surface area contributed by atoms with Crippen molar-refractivity contribution in [2.45, 2.75) is 19.4 Å². The van der Waals surface area contributed by atoms with Crippen molar-refractivity contribution >= 4 is 11.9 Å². The van der Waals surface area contributed by atoms with Crippen LogP contribution in [0.5, 0.6) is 5.75 Å². The van der Waals surface area contributed by atoms with E-state index >= 15 is 0 Å². The molecule has 132 valence electrons. The second-order valence-electron chi connectivity index (χ2n) is 5.74. The Morgan fingerprint density at radius 3 is 2.28 bits per heavy atom. The van der Waals surface area contributed by atoms with Crippen molar-refractivity contribution in [1.82, 2.24) is 4.90 Å². The Morgan fingerprint density at radius 1 is 1.12 bits per heavy atom. The highest BCUT2D eigenvalue weighted by atomic mass is 19.1. The van der Waals surface area contributed by atoms with Crippen molar-refractivity contribution in [1.29, 1.82) is 0 Å². The first kappa shape index (κ1) is 18.4. The predicted octanol–water partition coefficient (Wildman–Crippen LogP) is 3.05. The van der Waals surface area contributed by atoms with E-state index in [1.54, 1.807) is 43.4 Å². The van der Waals surface area contributed by atoms with E-state index < -0.39 is 5.97 Å². The molecule has 0 aliphatic heterocycles. The SMILES string of the molecule is C[C@@H](c1ccc(F)cc1)N(C)C(=O)COc1ccc(CC(=O)O)cc1. The molecule has 0 saturated heterocycles. The molecule has 0 saturated carbocycles. The summed E-state index contributed by atoms with van der Waals surface area (Å²) in [6, 6.07) is 12.4. The minimum Gasteiger partial charge on any atom is -0.484 e. The third-order valence-corrected chi connectivity index (χ3v) is 3.97. The van der Waals surface area contributed by atoms with E-state index in [4.69, 9.17) is 9.84 Å². The van der Waals surface area contributed by atoms with Crippen LogP contribution >= 0.6 is 0 Å². The number of ether oxygens (including phenoxy) is 1. The summed E-state index contributed by atoms with van der Waals surface area (Å²) in [6.07, 6.45) is -0.0584. The zero-order chi connectivity index (χ0) is 18.4. The summed E-state index contributed by atoms with van der Waals surface area (Å²) < 4.78 is 18.4. The molecule has 1 N–H and O–H groups in total. The van der Waals surface area contributed by atoms with Gasteiger partial charge >= 0.3 is 5.97 Å². The molecule has 0 radical (unpaired) electrons. The van der Waals surface area contributed by atoms with Crippen molar-refractivity contribution in [3.63, 3.8) is 0 Å². The highest BCUT2D eigenvalue weighted by molar-refractivity contribution is 5.78. The summed E-state index contributed by atoms with van der Waals surface area (Å²) in [7, 11) is 1.66. The quantitative estimate of drug-likeness (QED) is 0.837. The molecule has 2 rings (SSSR count). The minimum absolute atomic E-state index is 0.0584. The zero-order valence-electron chi connectivity index (χ0n) is 14.1. The molecule has 0 spiro atoms. The van der Waals surface area contributed by atoms with Crippen molar-refractivity contribution in [2.75, 3.05) is 13.7 Å². The van der Waals surface area contributed by atoms with Crippen LogP contribution in [0.2, 0.25) is 0 Å². The Labute approximate surface area is 145 Å². The van der Waals surface area contributed by atoms with Crippen LogP contribution < -0.4 is 4.74 Å². The molecule has 2 aromatic carbocycles. The number of aliphatic carboxylic acids is 1. The van der Waals surface area contributed by atoms with Crippen molar-refractivity contribution < 1.29 is 23.8 Å². The Hall–Kier alpha value is -2.89.